The molecular weight excluding hydrogens is 524 g/mol. The number of aryl methyl sites for hydroxylation is 1. The Morgan fingerprint density at radius 3 is 2.73 bits per heavy atom. The smallest absolute Gasteiger partial charge is 0.296 e. The number of pyridine rings is 1. The van der Waals surface area contributed by atoms with Gasteiger partial charge in [0.25, 0.3) is 11.8 Å². The van der Waals surface area contributed by atoms with E-state index in [1.54, 1.807) is 30.3 Å². The first-order valence-corrected chi connectivity index (χ1v) is 12.4. The van der Waals surface area contributed by atoms with Crippen LogP contribution in [0.1, 0.15) is 12.0 Å². The largest absolute Gasteiger partial charge is 0.478 e. The summed E-state index contributed by atoms with van der Waals surface area (Å²) in [5.41, 5.74) is 2.48. The molecule has 1 saturated heterocycles. The molecule has 0 saturated carbocycles. The summed E-state index contributed by atoms with van der Waals surface area (Å²) >= 11 is 0. The van der Waals surface area contributed by atoms with E-state index in [-0.39, 0.29) is 18.1 Å². The van der Waals surface area contributed by atoms with Crippen LogP contribution in [0.25, 0.3) is 16.6 Å². The van der Waals surface area contributed by atoms with Gasteiger partial charge in [-0.2, -0.15) is 5.10 Å². The lowest BCUT2D eigenvalue weighted by Crippen LogP contribution is -2.52. The molecular formula is C26H25F2N9O3. The van der Waals surface area contributed by atoms with Gasteiger partial charge in [-0.05, 0) is 37.7 Å². The number of nitrogens with zero attached hydrogens (tertiary/aromatic N) is 8. The Morgan fingerprint density at radius 2 is 1.93 bits per heavy atom. The molecule has 0 bridgehead atoms. The number of halogens is 2. The van der Waals surface area contributed by atoms with Crippen LogP contribution in [0, 0.1) is 6.92 Å². The second kappa shape index (κ2) is 10.1. The monoisotopic (exact) mass is 549 g/mol. The van der Waals surface area contributed by atoms with E-state index in [4.69, 9.17) is 14.2 Å². The van der Waals surface area contributed by atoms with Gasteiger partial charge in [0.05, 0.1) is 37.0 Å². The van der Waals surface area contributed by atoms with E-state index < -0.39 is 18.6 Å². The van der Waals surface area contributed by atoms with E-state index in [2.05, 4.69) is 35.5 Å². The molecule has 14 heteroatoms. The molecule has 0 radical (unpaired) electrons. The van der Waals surface area contributed by atoms with Gasteiger partial charge < -0.3 is 24.4 Å². The van der Waals surface area contributed by atoms with Crippen molar-refractivity contribution in [2.75, 3.05) is 32.6 Å². The predicted octanol–water partition coefficient (Wildman–Crippen LogP) is 4.03. The molecule has 0 spiro atoms. The highest BCUT2D eigenvalue weighted by Gasteiger charge is 2.46. The van der Waals surface area contributed by atoms with Crippen molar-refractivity contribution < 1.29 is 23.0 Å². The van der Waals surface area contributed by atoms with Gasteiger partial charge in [-0.3, -0.25) is 0 Å². The molecule has 1 aliphatic rings. The minimum atomic E-state index is -3.06. The first-order valence-electron chi connectivity index (χ1n) is 12.4. The highest BCUT2D eigenvalue weighted by molar-refractivity contribution is 5.96. The molecule has 1 atom stereocenters. The van der Waals surface area contributed by atoms with Crippen LogP contribution in [0.5, 0.6) is 23.1 Å². The van der Waals surface area contributed by atoms with Gasteiger partial charge in [0.15, 0.2) is 23.3 Å². The Hall–Kier alpha value is -4.72. The third-order valence-corrected chi connectivity index (χ3v) is 6.57. The Labute approximate surface area is 226 Å². The van der Waals surface area contributed by atoms with Gasteiger partial charge in [0.2, 0.25) is 0 Å². The van der Waals surface area contributed by atoms with Gasteiger partial charge in [0, 0.05) is 24.7 Å². The van der Waals surface area contributed by atoms with E-state index >= 15 is 0 Å². The SMILES string of the molecule is COc1ncc2ncnc(Nc3ccc(Oc4cnn5ncnc5c4)c(C)c3)c2c1O[C@H]1CCN(C)CC1(F)F. The summed E-state index contributed by atoms with van der Waals surface area (Å²) in [4.78, 5) is 18.6. The Kier molecular flexibility index (Phi) is 6.46. The molecule has 5 heterocycles. The standard InChI is InChI=1S/C26H25F2N9O3/c1-15-8-16(4-5-19(15)39-17-9-21-31-14-34-37(21)33-10-17)35-24-22-18(30-13-32-24)11-29-25(38-3)23(22)40-20-6-7-36(2)12-26(20,27)28/h4-5,8-11,13-14,20H,6-7,12H2,1-3H3,(H,30,32,35)/t20-/m0/s1. The van der Waals surface area contributed by atoms with E-state index in [9.17, 15) is 8.78 Å². The highest BCUT2D eigenvalue weighted by Crippen LogP contribution is 2.41. The second-order valence-corrected chi connectivity index (χ2v) is 9.48. The van der Waals surface area contributed by atoms with E-state index in [0.29, 0.717) is 46.1 Å². The first kappa shape index (κ1) is 25.6. The van der Waals surface area contributed by atoms with Gasteiger partial charge in [-0.15, -0.1) is 9.73 Å². The molecule has 1 fully saturated rings. The average Bonchev–Trinajstić information content (AvgIpc) is 3.39. The number of methoxy groups -OCH3 is 1. The zero-order valence-electron chi connectivity index (χ0n) is 21.9. The molecule has 206 valence electrons. The predicted molar refractivity (Wildman–Crippen MR) is 141 cm³/mol. The fraction of sp³-hybridized carbons (Fsp3) is 0.308. The Bertz CT molecular complexity index is 1700. The van der Waals surface area contributed by atoms with Crippen molar-refractivity contribution >= 4 is 28.1 Å². The van der Waals surface area contributed by atoms with Crippen LogP contribution in [-0.4, -0.2) is 78.9 Å². The minimum absolute atomic E-state index is 0.0605. The minimum Gasteiger partial charge on any atom is -0.478 e. The van der Waals surface area contributed by atoms with Gasteiger partial charge >= 0.3 is 0 Å². The van der Waals surface area contributed by atoms with Gasteiger partial charge in [-0.25, -0.2) is 28.7 Å². The van der Waals surface area contributed by atoms with Crippen LogP contribution in [0.3, 0.4) is 0 Å². The number of alkyl halides is 2. The zero-order valence-corrected chi connectivity index (χ0v) is 21.9. The summed E-state index contributed by atoms with van der Waals surface area (Å²) in [5.74, 6) is -1.46. The topological polar surface area (TPSA) is 125 Å². The molecule has 4 aromatic heterocycles. The normalized spacial score (nSPS) is 17.2. The molecule has 12 nitrogen and oxygen atoms in total. The van der Waals surface area contributed by atoms with Crippen molar-refractivity contribution in [3.8, 4) is 23.1 Å². The van der Waals surface area contributed by atoms with Gasteiger partial charge in [-0.1, -0.05) is 0 Å². The average molecular weight is 550 g/mol. The number of fused-ring (bicyclic) bond motifs is 2. The van der Waals surface area contributed by atoms with E-state index in [1.165, 1.54) is 30.6 Å². The summed E-state index contributed by atoms with van der Waals surface area (Å²) in [6, 6.07) is 7.21. The number of nitrogens with one attached hydrogen (secondary N) is 1. The van der Waals surface area contributed by atoms with Crippen molar-refractivity contribution in [1.82, 2.24) is 39.7 Å². The summed E-state index contributed by atoms with van der Waals surface area (Å²) in [5, 5.41) is 11.8. The molecule has 1 aliphatic heterocycles. The fourth-order valence-electron chi connectivity index (χ4n) is 4.60. The number of benzene rings is 1. The number of ether oxygens (including phenoxy) is 3. The lowest BCUT2D eigenvalue weighted by Gasteiger charge is -2.36. The van der Waals surface area contributed by atoms with Crippen LogP contribution < -0.4 is 19.5 Å². The fourth-order valence-corrected chi connectivity index (χ4v) is 4.60. The number of rotatable bonds is 7. The van der Waals surface area contributed by atoms with Crippen LogP contribution in [0.15, 0.2) is 49.3 Å². The molecule has 40 heavy (non-hydrogen) atoms. The maximum Gasteiger partial charge on any atom is 0.296 e. The zero-order chi connectivity index (χ0) is 27.9. The van der Waals surface area contributed by atoms with Crippen LogP contribution in [-0.2, 0) is 0 Å². The molecule has 0 amide bonds. The third-order valence-electron chi connectivity index (χ3n) is 6.57. The number of piperidine rings is 1. The summed E-state index contributed by atoms with van der Waals surface area (Å²) in [6.07, 6.45) is 4.60. The lowest BCUT2D eigenvalue weighted by molar-refractivity contribution is -0.135. The molecule has 0 aliphatic carbocycles. The van der Waals surface area contributed by atoms with Crippen molar-refractivity contribution in [3.63, 3.8) is 0 Å². The maximum atomic E-state index is 14.9. The number of hydrogen-bond donors (Lipinski definition) is 1. The number of aromatic nitrogens is 7. The quantitative estimate of drug-likeness (QED) is 0.316. The van der Waals surface area contributed by atoms with Crippen molar-refractivity contribution in [2.45, 2.75) is 25.4 Å². The van der Waals surface area contributed by atoms with Crippen LogP contribution in [0.2, 0.25) is 0 Å². The second-order valence-electron chi connectivity index (χ2n) is 9.48. The molecule has 5 aromatic rings. The van der Waals surface area contributed by atoms with Crippen molar-refractivity contribution in [1.29, 1.82) is 0 Å². The molecule has 0 unspecified atom stereocenters. The summed E-state index contributed by atoms with van der Waals surface area (Å²) in [7, 11) is 3.06. The van der Waals surface area contributed by atoms with Gasteiger partial charge in [0.1, 0.15) is 24.2 Å². The molecule has 6 rings (SSSR count). The van der Waals surface area contributed by atoms with E-state index in [1.807, 2.05) is 19.1 Å². The van der Waals surface area contributed by atoms with Crippen molar-refractivity contribution in [3.05, 3.63) is 54.9 Å². The van der Waals surface area contributed by atoms with Crippen molar-refractivity contribution in [2.24, 2.45) is 0 Å². The summed E-state index contributed by atoms with van der Waals surface area (Å²) < 4.78 is 48.5. The highest BCUT2D eigenvalue weighted by atomic mass is 19.3. The number of hydrogen-bond acceptors (Lipinski definition) is 11. The Balaban J connectivity index is 1.31. The summed E-state index contributed by atoms with van der Waals surface area (Å²) in [6.45, 7) is 1.96. The van der Waals surface area contributed by atoms with Crippen LogP contribution in [0.4, 0.5) is 20.3 Å². The Morgan fingerprint density at radius 1 is 1.05 bits per heavy atom. The first-order chi connectivity index (χ1) is 19.3. The lowest BCUT2D eigenvalue weighted by atomic mass is 10.0. The third kappa shape index (κ3) is 4.88. The molecule has 1 N–H and O–H groups in total. The van der Waals surface area contributed by atoms with Crippen LogP contribution >= 0.6 is 0 Å². The number of likely N-dealkylation sites (tertiary alicyclic amines) is 1. The van der Waals surface area contributed by atoms with E-state index in [0.717, 1.165) is 5.56 Å². The molecule has 1 aromatic carbocycles. The number of anilines is 2. The maximum absolute atomic E-state index is 14.9.